The minimum atomic E-state index is 0.811. The first kappa shape index (κ1) is 7.81. The van der Waals surface area contributed by atoms with E-state index in [0.717, 1.165) is 32.9 Å². The Labute approximate surface area is 89.6 Å². The molecule has 0 fully saturated rings. The average Bonchev–Trinajstić information content (AvgIpc) is 2.96. The number of fused-ring (bicyclic) bond motifs is 5. The lowest BCUT2D eigenvalue weighted by Crippen LogP contribution is -2.07. The van der Waals surface area contributed by atoms with Gasteiger partial charge in [-0.3, -0.25) is 0 Å². The molecule has 5 heteroatoms. The number of rotatable bonds is 0. The maximum absolute atomic E-state index is 4.26. The third kappa shape index (κ3) is 0.826. The van der Waals surface area contributed by atoms with Crippen LogP contribution >= 0.6 is 0 Å². The molecule has 2 heterocycles. The van der Waals surface area contributed by atoms with Crippen molar-refractivity contribution < 1.29 is 0 Å². The van der Waals surface area contributed by atoms with Crippen LogP contribution < -0.4 is 10.7 Å². The van der Waals surface area contributed by atoms with Gasteiger partial charge in [0.1, 0.15) is 17.4 Å². The zero-order valence-electron chi connectivity index (χ0n) is 8.12. The van der Waals surface area contributed by atoms with Gasteiger partial charge in [0, 0.05) is 10.8 Å². The van der Waals surface area contributed by atoms with Gasteiger partial charge in [0.15, 0.2) is 0 Å². The van der Waals surface area contributed by atoms with Crippen LogP contribution in [0.5, 0.6) is 0 Å². The lowest BCUT2D eigenvalue weighted by molar-refractivity contribution is 1.08. The minimum Gasteiger partial charge on any atom is -0.235 e. The SMILES string of the molecule is C1=Nc2ccc3c4c(ccc3c2=N1)N=NN=4. The summed E-state index contributed by atoms with van der Waals surface area (Å²) >= 11 is 0. The molecule has 0 aliphatic carbocycles. The van der Waals surface area contributed by atoms with Gasteiger partial charge in [0.05, 0.1) is 11.0 Å². The Bertz CT molecular complexity index is 732. The quantitative estimate of drug-likeness (QED) is 0.632. The van der Waals surface area contributed by atoms with Crippen molar-refractivity contribution in [2.75, 3.05) is 0 Å². The van der Waals surface area contributed by atoms with Crippen molar-refractivity contribution in [3.8, 4) is 0 Å². The number of hydrogen-bond acceptors (Lipinski definition) is 5. The first-order chi connectivity index (χ1) is 7.93. The van der Waals surface area contributed by atoms with Crippen LogP contribution in [0, 0.1) is 0 Å². The Kier molecular flexibility index (Phi) is 1.26. The Morgan fingerprint density at radius 2 is 1.62 bits per heavy atom. The van der Waals surface area contributed by atoms with Gasteiger partial charge in [-0.25, -0.2) is 9.98 Å². The lowest BCUT2D eigenvalue weighted by atomic mass is 10.1. The highest BCUT2D eigenvalue weighted by Crippen LogP contribution is 2.20. The Morgan fingerprint density at radius 1 is 0.812 bits per heavy atom. The highest BCUT2D eigenvalue weighted by molar-refractivity contribution is 5.89. The van der Waals surface area contributed by atoms with Gasteiger partial charge in [0.25, 0.3) is 0 Å². The molecule has 0 N–H and O–H groups in total. The van der Waals surface area contributed by atoms with Crippen LogP contribution in [0.3, 0.4) is 0 Å². The molecule has 0 amide bonds. The molecule has 16 heavy (non-hydrogen) atoms. The number of benzene rings is 2. The van der Waals surface area contributed by atoms with Gasteiger partial charge < -0.3 is 0 Å². The van der Waals surface area contributed by atoms with Crippen LogP contribution in [0.2, 0.25) is 0 Å². The lowest BCUT2D eigenvalue weighted by Gasteiger charge is -1.98. The predicted octanol–water partition coefficient (Wildman–Crippen LogP) is 1.76. The third-order valence-electron chi connectivity index (χ3n) is 2.78. The molecule has 2 aliphatic rings. The molecule has 2 aromatic carbocycles. The molecule has 0 spiro atoms. The third-order valence-corrected chi connectivity index (χ3v) is 2.78. The summed E-state index contributed by atoms with van der Waals surface area (Å²) in [6.07, 6.45) is 1.57. The fourth-order valence-electron chi connectivity index (χ4n) is 2.04. The second-order valence-corrected chi connectivity index (χ2v) is 3.62. The summed E-state index contributed by atoms with van der Waals surface area (Å²) in [5, 5.41) is 15.4. The maximum Gasteiger partial charge on any atom is 0.123 e. The largest absolute Gasteiger partial charge is 0.235 e. The molecule has 2 aromatic rings. The first-order valence-corrected chi connectivity index (χ1v) is 4.88. The molecule has 0 saturated carbocycles. The van der Waals surface area contributed by atoms with Crippen molar-refractivity contribution in [1.82, 2.24) is 0 Å². The van der Waals surface area contributed by atoms with Gasteiger partial charge in [-0.05, 0) is 29.5 Å². The average molecular weight is 207 g/mol. The van der Waals surface area contributed by atoms with Crippen molar-refractivity contribution in [3.63, 3.8) is 0 Å². The molecule has 0 bridgehead atoms. The van der Waals surface area contributed by atoms with Crippen LogP contribution in [0.15, 0.2) is 49.7 Å². The summed E-state index contributed by atoms with van der Waals surface area (Å²) in [6, 6.07) is 7.83. The van der Waals surface area contributed by atoms with E-state index in [1.165, 1.54) is 0 Å². The van der Waals surface area contributed by atoms with Crippen LogP contribution in [-0.4, -0.2) is 6.34 Å². The molecule has 74 valence electrons. The predicted molar refractivity (Wildman–Crippen MR) is 58.9 cm³/mol. The number of aliphatic imine (C=N–C) groups is 1. The van der Waals surface area contributed by atoms with E-state index in [0.29, 0.717) is 0 Å². The molecule has 2 aliphatic heterocycles. The van der Waals surface area contributed by atoms with E-state index in [9.17, 15) is 0 Å². The molecule has 0 aromatic heterocycles. The zero-order valence-corrected chi connectivity index (χ0v) is 8.12. The van der Waals surface area contributed by atoms with E-state index >= 15 is 0 Å². The maximum atomic E-state index is 4.26. The van der Waals surface area contributed by atoms with Crippen LogP contribution in [0.4, 0.5) is 11.4 Å². The van der Waals surface area contributed by atoms with Gasteiger partial charge in [-0.15, -0.1) is 10.2 Å². The molecule has 4 rings (SSSR count). The van der Waals surface area contributed by atoms with Crippen molar-refractivity contribution >= 4 is 28.5 Å². The van der Waals surface area contributed by atoms with E-state index in [1.54, 1.807) is 6.34 Å². The summed E-state index contributed by atoms with van der Waals surface area (Å²) in [5.74, 6) is 0. The van der Waals surface area contributed by atoms with Crippen molar-refractivity contribution in [2.24, 2.45) is 25.4 Å². The fraction of sp³-hybridized carbons (Fsp3) is 0. The van der Waals surface area contributed by atoms with Crippen molar-refractivity contribution in [2.45, 2.75) is 0 Å². The normalized spacial score (nSPS) is 14.8. The molecule has 0 radical (unpaired) electrons. The Hall–Kier alpha value is -2.43. The first-order valence-electron chi connectivity index (χ1n) is 4.88. The topological polar surface area (TPSA) is 61.8 Å². The Balaban J connectivity index is 2.31. The Morgan fingerprint density at radius 3 is 2.56 bits per heavy atom. The van der Waals surface area contributed by atoms with E-state index in [4.69, 9.17) is 0 Å². The van der Waals surface area contributed by atoms with Crippen LogP contribution in [-0.2, 0) is 0 Å². The second-order valence-electron chi connectivity index (χ2n) is 3.62. The molecular formula is C11H5N5. The highest BCUT2D eigenvalue weighted by atomic mass is 15.4. The van der Waals surface area contributed by atoms with Crippen LogP contribution in [0.1, 0.15) is 0 Å². The van der Waals surface area contributed by atoms with E-state index < -0.39 is 0 Å². The number of hydrogen-bond donors (Lipinski definition) is 0. The molecule has 0 atom stereocenters. The van der Waals surface area contributed by atoms with Gasteiger partial charge in [0.2, 0.25) is 0 Å². The van der Waals surface area contributed by atoms with Gasteiger partial charge in [-0.2, -0.15) is 0 Å². The molecular weight excluding hydrogens is 202 g/mol. The van der Waals surface area contributed by atoms with Crippen LogP contribution in [0.25, 0.3) is 10.8 Å². The minimum absolute atomic E-state index is 0.811. The van der Waals surface area contributed by atoms with E-state index in [2.05, 4.69) is 25.4 Å². The molecule has 0 saturated heterocycles. The van der Waals surface area contributed by atoms with E-state index in [-0.39, 0.29) is 0 Å². The van der Waals surface area contributed by atoms with E-state index in [1.807, 2.05) is 24.3 Å². The van der Waals surface area contributed by atoms with Crippen molar-refractivity contribution in [1.29, 1.82) is 0 Å². The highest BCUT2D eigenvalue weighted by Gasteiger charge is 2.10. The smallest absolute Gasteiger partial charge is 0.123 e. The summed E-state index contributed by atoms with van der Waals surface area (Å²) < 4.78 is 0. The molecule has 5 nitrogen and oxygen atoms in total. The standard InChI is InChI=1S/C11H5N5/c1-3-8-10(13-5-12-8)6-2-4-9-11(7(1)6)15-16-14-9/h1-5H. The molecule has 0 unspecified atom stereocenters. The monoisotopic (exact) mass is 207 g/mol. The zero-order chi connectivity index (χ0) is 10.5. The fourth-order valence-corrected chi connectivity index (χ4v) is 2.04. The second kappa shape index (κ2) is 2.57. The van der Waals surface area contributed by atoms with Gasteiger partial charge >= 0.3 is 0 Å². The summed E-state index contributed by atoms with van der Waals surface area (Å²) in [6.45, 7) is 0. The van der Waals surface area contributed by atoms with Gasteiger partial charge in [-0.1, -0.05) is 0 Å². The summed E-state index contributed by atoms with van der Waals surface area (Å²) in [4.78, 5) is 8.43. The number of nitrogens with zero attached hydrogens (tertiary/aromatic N) is 5. The summed E-state index contributed by atoms with van der Waals surface area (Å²) in [5.41, 5.74) is 1.71. The summed E-state index contributed by atoms with van der Waals surface area (Å²) in [7, 11) is 0. The van der Waals surface area contributed by atoms with Crippen molar-refractivity contribution in [3.05, 3.63) is 35.0 Å².